The van der Waals surface area contributed by atoms with E-state index < -0.39 is 0 Å². The lowest BCUT2D eigenvalue weighted by atomic mass is 10.0. The van der Waals surface area contributed by atoms with Gasteiger partial charge in [-0.15, -0.1) is 0 Å². The lowest BCUT2D eigenvalue weighted by Crippen LogP contribution is -2.45. The van der Waals surface area contributed by atoms with E-state index in [1.54, 1.807) is 6.07 Å². The highest BCUT2D eigenvalue weighted by atomic mass is 19.1. The highest BCUT2D eigenvalue weighted by Crippen LogP contribution is 2.27. The van der Waals surface area contributed by atoms with Crippen molar-refractivity contribution in [1.29, 1.82) is 0 Å². The van der Waals surface area contributed by atoms with Crippen molar-refractivity contribution in [2.75, 3.05) is 37.8 Å². The van der Waals surface area contributed by atoms with Crippen LogP contribution >= 0.6 is 0 Å². The molecular formula is C13H20FN3. The van der Waals surface area contributed by atoms with Gasteiger partial charge in [0.25, 0.3) is 0 Å². The number of nitrogens with two attached hydrogens (primary N) is 1. The zero-order chi connectivity index (χ0) is 12.4. The van der Waals surface area contributed by atoms with E-state index in [4.69, 9.17) is 5.73 Å². The molecule has 1 fully saturated rings. The number of likely N-dealkylation sites (tertiary alicyclic amines) is 1. The maximum Gasteiger partial charge on any atom is 0.125 e. The van der Waals surface area contributed by atoms with E-state index >= 15 is 0 Å². The van der Waals surface area contributed by atoms with Gasteiger partial charge >= 0.3 is 0 Å². The van der Waals surface area contributed by atoms with E-state index in [2.05, 4.69) is 16.8 Å². The molecule has 0 radical (unpaired) electrons. The number of likely N-dealkylation sites (N-methyl/N-ethyl adjacent to an activating group) is 2. The van der Waals surface area contributed by atoms with Crippen molar-refractivity contribution in [2.45, 2.75) is 18.9 Å². The van der Waals surface area contributed by atoms with Gasteiger partial charge in [0, 0.05) is 19.6 Å². The van der Waals surface area contributed by atoms with Gasteiger partial charge in [-0.2, -0.15) is 0 Å². The van der Waals surface area contributed by atoms with Crippen molar-refractivity contribution in [3.63, 3.8) is 0 Å². The monoisotopic (exact) mass is 237 g/mol. The molecule has 2 rings (SSSR count). The summed E-state index contributed by atoms with van der Waals surface area (Å²) in [7, 11) is 4.11. The van der Waals surface area contributed by atoms with Crippen molar-refractivity contribution in [2.24, 2.45) is 0 Å². The fraction of sp³-hybridized carbons (Fsp3) is 0.538. The predicted molar refractivity (Wildman–Crippen MR) is 69.7 cm³/mol. The average molecular weight is 237 g/mol. The minimum absolute atomic E-state index is 0.231. The Morgan fingerprint density at radius 2 is 2.24 bits per heavy atom. The third kappa shape index (κ3) is 2.69. The van der Waals surface area contributed by atoms with Crippen LogP contribution in [0.3, 0.4) is 0 Å². The van der Waals surface area contributed by atoms with Gasteiger partial charge in [-0.05, 0) is 44.6 Å². The summed E-state index contributed by atoms with van der Waals surface area (Å²) < 4.78 is 13.3. The van der Waals surface area contributed by atoms with Crippen LogP contribution in [0, 0.1) is 5.82 Å². The number of halogens is 1. The Labute approximate surface area is 102 Å². The summed E-state index contributed by atoms with van der Waals surface area (Å²) in [4.78, 5) is 4.41. The molecule has 1 aromatic carbocycles. The molecule has 4 heteroatoms. The topological polar surface area (TPSA) is 32.5 Å². The fourth-order valence-electron chi connectivity index (χ4n) is 2.47. The lowest BCUT2D eigenvalue weighted by Gasteiger charge is -2.37. The highest BCUT2D eigenvalue weighted by molar-refractivity contribution is 5.67. The largest absolute Gasteiger partial charge is 0.397 e. The van der Waals surface area contributed by atoms with Gasteiger partial charge in [0.05, 0.1) is 11.4 Å². The number of hydrogen-bond donors (Lipinski definition) is 1. The summed E-state index contributed by atoms with van der Waals surface area (Å²) in [5.41, 5.74) is 7.35. The standard InChI is InChI=1S/C13H20FN3/c1-16-7-3-4-11(9-16)17(2)13-8-10(14)5-6-12(13)15/h5-6,8,11H,3-4,7,9,15H2,1-2H3. The number of nitrogen functional groups attached to an aromatic ring is 1. The smallest absolute Gasteiger partial charge is 0.125 e. The van der Waals surface area contributed by atoms with Crippen molar-refractivity contribution < 1.29 is 4.39 Å². The molecule has 1 aliphatic heterocycles. The molecule has 0 saturated carbocycles. The summed E-state index contributed by atoms with van der Waals surface area (Å²) >= 11 is 0. The van der Waals surface area contributed by atoms with Crippen LogP contribution in [0.2, 0.25) is 0 Å². The molecule has 0 aliphatic carbocycles. The van der Waals surface area contributed by atoms with E-state index in [0.29, 0.717) is 11.7 Å². The molecule has 1 saturated heterocycles. The Hall–Kier alpha value is -1.29. The minimum atomic E-state index is -0.231. The minimum Gasteiger partial charge on any atom is -0.397 e. The van der Waals surface area contributed by atoms with Gasteiger partial charge in [-0.25, -0.2) is 4.39 Å². The Morgan fingerprint density at radius 3 is 2.94 bits per heavy atom. The summed E-state index contributed by atoms with van der Waals surface area (Å²) in [6, 6.07) is 4.97. The fourth-order valence-corrected chi connectivity index (χ4v) is 2.47. The lowest BCUT2D eigenvalue weighted by molar-refractivity contribution is 0.248. The van der Waals surface area contributed by atoms with Gasteiger partial charge in [0.2, 0.25) is 0 Å². The van der Waals surface area contributed by atoms with E-state index in [9.17, 15) is 4.39 Å². The second-order valence-corrected chi connectivity index (χ2v) is 4.87. The Morgan fingerprint density at radius 1 is 1.47 bits per heavy atom. The molecule has 0 aromatic heterocycles. The maximum atomic E-state index is 13.3. The Bertz CT molecular complexity index is 394. The van der Waals surface area contributed by atoms with E-state index in [1.807, 2.05) is 7.05 Å². The number of rotatable bonds is 2. The predicted octanol–water partition coefficient (Wildman–Crippen LogP) is 1.94. The molecule has 3 nitrogen and oxygen atoms in total. The summed E-state index contributed by atoms with van der Waals surface area (Å²) in [5, 5.41) is 0. The zero-order valence-corrected chi connectivity index (χ0v) is 10.5. The van der Waals surface area contributed by atoms with Crippen LogP contribution in [0.5, 0.6) is 0 Å². The molecule has 94 valence electrons. The van der Waals surface area contributed by atoms with Gasteiger partial charge in [-0.3, -0.25) is 0 Å². The summed E-state index contributed by atoms with van der Waals surface area (Å²) in [6.07, 6.45) is 2.32. The van der Waals surface area contributed by atoms with Crippen molar-refractivity contribution in [3.8, 4) is 0 Å². The first-order chi connectivity index (χ1) is 8.08. The zero-order valence-electron chi connectivity index (χ0n) is 10.5. The normalized spacial score (nSPS) is 21.5. The second-order valence-electron chi connectivity index (χ2n) is 4.87. The molecule has 1 aliphatic rings. The van der Waals surface area contributed by atoms with Crippen LogP contribution in [-0.2, 0) is 0 Å². The third-order valence-electron chi connectivity index (χ3n) is 3.52. The first kappa shape index (κ1) is 12.2. The first-order valence-electron chi connectivity index (χ1n) is 6.04. The molecule has 1 heterocycles. The van der Waals surface area contributed by atoms with E-state index in [0.717, 1.165) is 25.2 Å². The summed E-state index contributed by atoms with van der Waals surface area (Å²) in [6.45, 7) is 2.15. The molecule has 0 spiro atoms. The van der Waals surface area contributed by atoms with E-state index in [-0.39, 0.29) is 5.82 Å². The number of anilines is 2. The van der Waals surface area contributed by atoms with Crippen LogP contribution in [0.4, 0.5) is 15.8 Å². The molecule has 1 unspecified atom stereocenters. The van der Waals surface area contributed by atoms with Crippen molar-refractivity contribution in [3.05, 3.63) is 24.0 Å². The maximum absolute atomic E-state index is 13.3. The number of nitrogens with zero attached hydrogens (tertiary/aromatic N) is 2. The average Bonchev–Trinajstić information content (AvgIpc) is 2.31. The van der Waals surface area contributed by atoms with Crippen LogP contribution in [0.15, 0.2) is 18.2 Å². The van der Waals surface area contributed by atoms with Crippen LogP contribution in [0.25, 0.3) is 0 Å². The summed E-state index contributed by atoms with van der Waals surface area (Å²) in [5.74, 6) is -0.231. The molecule has 2 N–H and O–H groups in total. The molecule has 1 atom stereocenters. The van der Waals surface area contributed by atoms with E-state index in [1.165, 1.54) is 18.6 Å². The van der Waals surface area contributed by atoms with Crippen molar-refractivity contribution >= 4 is 11.4 Å². The SMILES string of the molecule is CN1CCCC(N(C)c2cc(F)ccc2N)C1. The number of benzene rings is 1. The van der Waals surface area contributed by atoms with Crippen LogP contribution < -0.4 is 10.6 Å². The third-order valence-corrected chi connectivity index (χ3v) is 3.52. The molecule has 0 amide bonds. The van der Waals surface area contributed by atoms with Crippen molar-refractivity contribution in [1.82, 2.24) is 4.90 Å². The van der Waals surface area contributed by atoms with Gasteiger partial charge in [0.1, 0.15) is 5.82 Å². The quantitative estimate of drug-likeness (QED) is 0.798. The number of piperidine rings is 1. The van der Waals surface area contributed by atoms with Gasteiger partial charge < -0.3 is 15.5 Å². The Balaban J connectivity index is 2.18. The van der Waals surface area contributed by atoms with Crippen LogP contribution in [0.1, 0.15) is 12.8 Å². The Kier molecular flexibility index (Phi) is 3.52. The first-order valence-corrected chi connectivity index (χ1v) is 6.04. The molecule has 1 aromatic rings. The van der Waals surface area contributed by atoms with Gasteiger partial charge in [-0.1, -0.05) is 0 Å². The van der Waals surface area contributed by atoms with Crippen LogP contribution in [-0.4, -0.2) is 38.1 Å². The molecule has 0 bridgehead atoms. The number of hydrogen-bond acceptors (Lipinski definition) is 3. The van der Waals surface area contributed by atoms with Gasteiger partial charge in [0.15, 0.2) is 0 Å². The second kappa shape index (κ2) is 4.92. The highest BCUT2D eigenvalue weighted by Gasteiger charge is 2.22. The molecule has 17 heavy (non-hydrogen) atoms. The molecular weight excluding hydrogens is 217 g/mol.